The number of carbonyl (C=O) groups is 1. The normalized spacial score (nSPS) is 12.0. The van der Waals surface area contributed by atoms with E-state index in [1.807, 2.05) is 38.2 Å². The van der Waals surface area contributed by atoms with Gasteiger partial charge in [0.25, 0.3) is 0 Å². The first-order valence-electron chi connectivity index (χ1n) is 7.17. The monoisotopic (exact) mass is 294 g/mol. The summed E-state index contributed by atoms with van der Waals surface area (Å²) in [4.78, 5) is 13.9. The zero-order valence-corrected chi connectivity index (χ0v) is 13.4. The summed E-state index contributed by atoms with van der Waals surface area (Å²) in [6.45, 7) is 3.65. The van der Waals surface area contributed by atoms with Gasteiger partial charge in [0.2, 0.25) is 5.91 Å². The SMILES string of the molecule is COCCNCC(=O)N(C)C(C)Cc1ccccc1OC. The lowest BCUT2D eigenvalue weighted by atomic mass is 10.1. The fraction of sp³-hybridized carbons (Fsp3) is 0.562. The molecule has 1 unspecified atom stereocenters. The first-order chi connectivity index (χ1) is 10.1. The van der Waals surface area contributed by atoms with Crippen molar-refractivity contribution < 1.29 is 14.3 Å². The molecular formula is C16H26N2O3. The summed E-state index contributed by atoms with van der Waals surface area (Å²) in [5.74, 6) is 0.942. The van der Waals surface area contributed by atoms with Crippen LogP contribution in [0.2, 0.25) is 0 Å². The summed E-state index contributed by atoms with van der Waals surface area (Å²) in [6, 6.07) is 8.01. The summed E-state index contributed by atoms with van der Waals surface area (Å²) >= 11 is 0. The molecule has 0 heterocycles. The first-order valence-corrected chi connectivity index (χ1v) is 7.17. The van der Waals surface area contributed by atoms with Crippen LogP contribution in [0, 0.1) is 0 Å². The minimum Gasteiger partial charge on any atom is -0.496 e. The Morgan fingerprint density at radius 1 is 1.33 bits per heavy atom. The number of para-hydroxylation sites is 1. The quantitative estimate of drug-likeness (QED) is 0.698. The Morgan fingerprint density at radius 3 is 2.71 bits per heavy atom. The lowest BCUT2D eigenvalue weighted by Crippen LogP contribution is -2.42. The number of ether oxygens (including phenoxy) is 2. The van der Waals surface area contributed by atoms with Crippen molar-refractivity contribution in [2.24, 2.45) is 0 Å². The van der Waals surface area contributed by atoms with E-state index in [4.69, 9.17) is 9.47 Å². The Kier molecular flexibility index (Phi) is 7.79. The predicted molar refractivity (Wildman–Crippen MR) is 83.7 cm³/mol. The second kappa shape index (κ2) is 9.37. The molecule has 0 fully saturated rings. The van der Waals surface area contributed by atoms with E-state index in [0.717, 1.165) is 17.7 Å². The van der Waals surface area contributed by atoms with Crippen LogP contribution in [0.4, 0.5) is 0 Å². The number of likely N-dealkylation sites (N-methyl/N-ethyl adjacent to an activating group) is 1. The van der Waals surface area contributed by atoms with E-state index in [-0.39, 0.29) is 11.9 Å². The average molecular weight is 294 g/mol. The Balaban J connectivity index is 2.49. The lowest BCUT2D eigenvalue weighted by Gasteiger charge is -2.26. The van der Waals surface area contributed by atoms with Gasteiger partial charge in [-0.2, -0.15) is 0 Å². The van der Waals surface area contributed by atoms with Gasteiger partial charge in [-0.15, -0.1) is 0 Å². The molecule has 0 saturated heterocycles. The molecule has 1 N–H and O–H groups in total. The third-order valence-corrected chi connectivity index (χ3v) is 3.52. The van der Waals surface area contributed by atoms with Crippen molar-refractivity contribution in [3.05, 3.63) is 29.8 Å². The van der Waals surface area contributed by atoms with Crippen LogP contribution in [0.1, 0.15) is 12.5 Å². The number of methoxy groups -OCH3 is 2. The number of hydrogen-bond donors (Lipinski definition) is 1. The number of carbonyl (C=O) groups excluding carboxylic acids is 1. The van der Waals surface area contributed by atoms with Gasteiger partial charge >= 0.3 is 0 Å². The Morgan fingerprint density at radius 2 is 2.05 bits per heavy atom. The van der Waals surface area contributed by atoms with Crippen molar-refractivity contribution in [2.45, 2.75) is 19.4 Å². The molecule has 0 aliphatic rings. The van der Waals surface area contributed by atoms with Crippen LogP contribution in [0.25, 0.3) is 0 Å². The zero-order chi connectivity index (χ0) is 15.7. The molecule has 0 aliphatic carbocycles. The van der Waals surface area contributed by atoms with E-state index in [1.165, 1.54) is 0 Å². The third-order valence-electron chi connectivity index (χ3n) is 3.52. The molecule has 0 radical (unpaired) electrons. The molecule has 1 rings (SSSR count). The second-order valence-corrected chi connectivity index (χ2v) is 5.04. The van der Waals surface area contributed by atoms with Gasteiger partial charge in [-0.25, -0.2) is 0 Å². The lowest BCUT2D eigenvalue weighted by molar-refractivity contribution is -0.130. The Labute approximate surface area is 127 Å². The molecule has 118 valence electrons. The summed E-state index contributed by atoms with van der Waals surface area (Å²) in [6.07, 6.45) is 0.768. The topological polar surface area (TPSA) is 50.8 Å². The van der Waals surface area contributed by atoms with Crippen LogP contribution in [-0.4, -0.2) is 57.8 Å². The highest BCUT2D eigenvalue weighted by Crippen LogP contribution is 2.20. The van der Waals surface area contributed by atoms with E-state index in [9.17, 15) is 4.79 Å². The van der Waals surface area contributed by atoms with Crippen LogP contribution < -0.4 is 10.1 Å². The van der Waals surface area contributed by atoms with Crippen LogP contribution >= 0.6 is 0 Å². The molecule has 0 saturated carbocycles. The number of nitrogens with zero attached hydrogens (tertiary/aromatic N) is 1. The maximum absolute atomic E-state index is 12.1. The van der Waals surface area contributed by atoms with Gasteiger partial charge < -0.3 is 19.7 Å². The van der Waals surface area contributed by atoms with Crippen molar-refractivity contribution in [3.63, 3.8) is 0 Å². The highest BCUT2D eigenvalue weighted by molar-refractivity contribution is 5.78. The maximum atomic E-state index is 12.1. The van der Waals surface area contributed by atoms with Crippen molar-refractivity contribution >= 4 is 5.91 Å². The van der Waals surface area contributed by atoms with E-state index < -0.39 is 0 Å². The van der Waals surface area contributed by atoms with E-state index in [0.29, 0.717) is 19.7 Å². The molecule has 0 aliphatic heterocycles. The van der Waals surface area contributed by atoms with Crippen LogP contribution in [-0.2, 0) is 16.0 Å². The molecule has 1 aromatic rings. The average Bonchev–Trinajstić information content (AvgIpc) is 2.51. The predicted octanol–water partition coefficient (Wildman–Crippen LogP) is 1.32. The highest BCUT2D eigenvalue weighted by Gasteiger charge is 2.17. The van der Waals surface area contributed by atoms with Gasteiger partial charge in [-0.05, 0) is 25.0 Å². The van der Waals surface area contributed by atoms with Crippen molar-refractivity contribution in [1.82, 2.24) is 10.2 Å². The minimum absolute atomic E-state index is 0.0773. The van der Waals surface area contributed by atoms with Gasteiger partial charge in [-0.1, -0.05) is 18.2 Å². The molecule has 5 heteroatoms. The van der Waals surface area contributed by atoms with Crippen LogP contribution in [0.5, 0.6) is 5.75 Å². The van der Waals surface area contributed by atoms with E-state index >= 15 is 0 Å². The largest absolute Gasteiger partial charge is 0.496 e. The summed E-state index contributed by atoms with van der Waals surface area (Å²) in [5, 5.41) is 3.07. The van der Waals surface area contributed by atoms with Gasteiger partial charge in [0.05, 0.1) is 20.3 Å². The maximum Gasteiger partial charge on any atom is 0.236 e. The molecule has 0 bridgehead atoms. The summed E-state index contributed by atoms with van der Waals surface area (Å²) in [5.41, 5.74) is 1.11. The first kappa shape index (κ1) is 17.5. The molecule has 21 heavy (non-hydrogen) atoms. The van der Waals surface area contributed by atoms with E-state index in [2.05, 4.69) is 5.32 Å². The number of hydrogen-bond acceptors (Lipinski definition) is 4. The van der Waals surface area contributed by atoms with Gasteiger partial charge in [-0.3, -0.25) is 4.79 Å². The molecule has 1 amide bonds. The summed E-state index contributed by atoms with van der Waals surface area (Å²) in [7, 11) is 5.14. The molecule has 0 spiro atoms. The fourth-order valence-corrected chi connectivity index (χ4v) is 2.07. The Bertz CT molecular complexity index is 437. The fourth-order valence-electron chi connectivity index (χ4n) is 2.07. The number of rotatable bonds is 9. The van der Waals surface area contributed by atoms with Crippen molar-refractivity contribution in [1.29, 1.82) is 0 Å². The second-order valence-electron chi connectivity index (χ2n) is 5.04. The van der Waals surface area contributed by atoms with Crippen LogP contribution in [0.3, 0.4) is 0 Å². The number of amides is 1. The van der Waals surface area contributed by atoms with Gasteiger partial charge in [0, 0.05) is 26.7 Å². The van der Waals surface area contributed by atoms with Gasteiger partial charge in [0.15, 0.2) is 0 Å². The smallest absolute Gasteiger partial charge is 0.236 e. The molecule has 1 atom stereocenters. The van der Waals surface area contributed by atoms with Crippen molar-refractivity contribution in [2.75, 3.05) is 41.0 Å². The van der Waals surface area contributed by atoms with Crippen LogP contribution in [0.15, 0.2) is 24.3 Å². The standard InChI is InChI=1S/C16H26N2O3/c1-13(11-14-7-5-6-8-15(14)21-4)18(2)16(19)12-17-9-10-20-3/h5-8,13,17H,9-12H2,1-4H3. The van der Waals surface area contributed by atoms with Gasteiger partial charge in [0.1, 0.15) is 5.75 Å². The highest BCUT2D eigenvalue weighted by atomic mass is 16.5. The van der Waals surface area contributed by atoms with E-state index in [1.54, 1.807) is 19.1 Å². The van der Waals surface area contributed by atoms with Crippen molar-refractivity contribution in [3.8, 4) is 5.75 Å². The molecule has 5 nitrogen and oxygen atoms in total. The molecule has 0 aromatic heterocycles. The summed E-state index contributed by atoms with van der Waals surface area (Å²) < 4.78 is 10.3. The number of benzene rings is 1. The molecule has 1 aromatic carbocycles. The number of nitrogens with one attached hydrogen (secondary N) is 1. The third kappa shape index (κ3) is 5.73. The zero-order valence-electron chi connectivity index (χ0n) is 13.4. The molecular weight excluding hydrogens is 268 g/mol. The minimum atomic E-state index is 0.0773. The Hall–Kier alpha value is -1.59.